The van der Waals surface area contributed by atoms with Gasteiger partial charge in [0.15, 0.2) is 5.13 Å². The summed E-state index contributed by atoms with van der Waals surface area (Å²) < 4.78 is 19.8. The van der Waals surface area contributed by atoms with E-state index in [4.69, 9.17) is 4.42 Å². The van der Waals surface area contributed by atoms with Crippen molar-refractivity contribution in [1.82, 2.24) is 4.98 Å². The highest BCUT2D eigenvalue weighted by atomic mass is 32.1. The van der Waals surface area contributed by atoms with Crippen molar-refractivity contribution in [2.75, 3.05) is 4.90 Å². The SMILES string of the molecule is CCC(=O)N(Cc1ccco1)c1nc2c(F)cccc2s1. The molecule has 6 heteroatoms. The zero-order valence-corrected chi connectivity index (χ0v) is 12.2. The lowest BCUT2D eigenvalue weighted by molar-refractivity contribution is -0.118. The molecule has 0 bridgehead atoms. The third-order valence-corrected chi connectivity index (χ3v) is 4.13. The highest BCUT2D eigenvalue weighted by molar-refractivity contribution is 7.22. The molecule has 0 saturated heterocycles. The molecule has 0 unspecified atom stereocenters. The van der Waals surface area contributed by atoms with Crippen LogP contribution in [0.25, 0.3) is 10.2 Å². The zero-order chi connectivity index (χ0) is 14.8. The number of carbonyl (C=O) groups is 1. The summed E-state index contributed by atoms with van der Waals surface area (Å²) in [6, 6.07) is 8.36. The Morgan fingerprint density at radius 1 is 1.38 bits per heavy atom. The number of fused-ring (bicyclic) bond motifs is 1. The summed E-state index contributed by atoms with van der Waals surface area (Å²) >= 11 is 1.30. The van der Waals surface area contributed by atoms with Gasteiger partial charge in [0.2, 0.25) is 5.91 Å². The number of halogens is 1. The van der Waals surface area contributed by atoms with Gasteiger partial charge >= 0.3 is 0 Å². The molecule has 0 aliphatic rings. The number of carbonyl (C=O) groups excluding carboxylic acids is 1. The summed E-state index contributed by atoms with van der Waals surface area (Å²) in [6.45, 7) is 2.08. The minimum atomic E-state index is -0.378. The van der Waals surface area contributed by atoms with Gasteiger partial charge in [-0.1, -0.05) is 24.3 Å². The molecule has 1 amide bonds. The molecule has 0 fully saturated rings. The van der Waals surface area contributed by atoms with E-state index >= 15 is 0 Å². The van der Waals surface area contributed by atoms with Gasteiger partial charge < -0.3 is 4.42 Å². The number of para-hydroxylation sites is 1. The van der Waals surface area contributed by atoms with Crippen molar-refractivity contribution in [2.45, 2.75) is 19.9 Å². The van der Waals surface area contributed by atoms with Crippen LogP contribution < -0.4 is 4.90 Å². The summed E-state index contributed by atoms with van der Waals surface area (Å²) in [7, 11) is 0. The van der Waals surface area contributed by atoms with Crippen LogP contribution in [0.15, 0.2) is 41.0 Å². The molecule has 0 aliphatic carbocycles. The second kappa shape index (κ2) is 5.65. The number of furan rings is 1. The van der Waals surface area contributed by atoms with Gasteiger partial charge in [0.25, 0.3) is 0 Å². The number of rotatable bonds is 4. The highest BCUT2D eigenvalue weighted by Gasteiger charge is 2.20. The molecule has 0 spiro atoms. The predicted octanol–water partition coefficient (Wildman–Crippen LogP) is 3.97. The van der Waals surface area contributed by atoms with E-state index in [1.807, 2.05) is 0 Å². The molecular weight excluding hydrogens is 291 g/mol. The number of nitrogens with zero attached hydrogens (tertiary/aromatic N) is 2. The van der Waals surface area contributed by atoms with E-state index in [9.17, 15) is 9.18 Å². The van der Waals surface area contributed by atoms with E-state index < -0.39 is 0 Å². The Bertz CT molecular complexity index is 767. The van der Waals surface area contributed by atoms with Crippen molar-refractivity contribution in [3.8, 4) is 0 Å². The Hall–Kier alpha value is -2.21. The standard InChI is InChI=1S/C15H13FN2O2S/c1-2-13(19)18(9-10-5-4-8-20-10)15-17-14-11(16)6-3-7-12(14)21-15/h3-8H,2,9H2,1H3. The Kier molecular flexibility index (Phi) is 3.70. The molecular formula is C15H13FN2O2S. The third kappa shape index (κ3) is 2.67. The van der Waals surface area contributed by atoms with Crippen molar-refractivity contribution in [2.24, 2.45) is 0 Å². The quantitative estimate of drug-likeness (QED) is 0.732. The lowest BCUT2D eigenvalue weighted by atomic mass is 10.3. The van der Waals surface area contributed by atoms with Crippen LogP contribution in [-0.2, 0) is 11.3 Å². The number of aromatic nitrogens is 1. The van der Waals surface area contributed by atoms with Crippen molar-refractivity contribution >= 4 is 32.6 Å². The number of benzene rings is 1. The van der Waals surface area contributed by atoms with E-state index in [1.165, 1.54) is 22.3 Å². The van der Waals surface area contributed by atoms with Crippen molar-refractivity contribution in [3.63, 3.8) is 0 Å². The minimum Gasteiger partial charge on any atom is -0.467 e. The average Bonchev–Trinajstić information content (AvgIpc) is 3.13. The first-order valence-corrected chi connectivity index (χ1v) is 7.38. The maximum atomic E-state index is 13.7. The van der Waals surface area contributed by atoms with E-state index in [0.717, 1.165) is 4.70 Å². The Balaban J connectivity index is 2.01. The maximum absolute atomic E-state index is 13.7. The van der Waals surface area contributed by atoms with Gasteiger partial charge in [-0.3, -0.25) is 9.69 Å². The number of hydrogen-bond acceptors (Lipinski definition) is 4. The first-order chi connectivity index (χ1) is 10.2. The zero-order valence-electron chi connectivity index (χ0n) is 11.4. The van der Waals surface area contributed by atoms with Crippen LogP contribution in [0.2, 0.25) is 0 Å². The molecule has 3 rings (SSSR count). The molecule has 2 heterocycles. The van der Waals surface area contributed by atoms with Crippen molar-refractivity contribution < 1.29 is 13.6 Å². The van der Waals surface area contributed by atoms with Crippen LogP contribution in [0.3, 0.4) is 0 Å². The van der Waals surface area contributed by atoms with Gasteiger partial charge in [-0.2, -0.15) is 0 Å². The lowest BCUT2D eigenvalue weighted by Crippen LogP contribution is -2.29. The van der Waals surface area contributed by atoms with Crippen LogP contribution in [0.1, 0.15) is 19.1 Å². The molecule has 0 aliphatic heterocycles. The Morgan fingerprint density at radius 2 is 2.24 bits per heavy atom. The molecule has 0 N–H and O–H groups in total. The molecule has 21 heavy (non-hydrogen) atoms. The summed E-state index contributed by atoms with van der Waals surface area (Å²) in [5.74, 6) is 0.208. The second-order valence-corrected chi connectivity index (χ2v) is 5.50. The maximum Gasteiger partial charge on any atom is 0.228 e. The molecule has 4 nitrogen and oxygen atoms in total. The van der Waals surface area contributed by atoms with Crippen molar-refractivity contribution in [3.05, 3.63) is 48.2 Å². The molecule has 108 valence electrons. The largest absolute Gasteiger partial charge is 0.467 e. The van der Waals surface area contributed by atoms with Crippen LogP contribution in [0, 0.1) is 5.82 Å². The highest BCUT2D eigenvalue weighted by Crippen LogP contribution is 2.31. The van der Waals surface area contributed by atoms with Crippen LogP contribution in [0.4, 0.5) is 9.52 Å². The molecule has 3 aromatic rings. The van der Waals surface area contributed by atoms with Gasteiger partial charge in [-0.15, -0.1) is 0 Å². The van der Waals surface area contributed by atoms with E-state index in [-0.39, 0.29) is 11.7 Å². The van der Waals surface area contributed by atoms with Crippen LogP contribution in [0.5, 0.6) is 0 Å². The van der Waals surface area contributed by atoms with Gasteiger partial charge in [0.1, 0.15) is 17.1 Å². The molecule has 0 saturated carbocycles. The van der Waals surface area contributed by atoms with Gasteiger partial charge in [0, 0.05) is 6.42 Å². The topological polar surface area (TPSA) is 46.3 Å². The summed E-state index contributed by atoms with van der Waals surface area (Å²) in [4.78, 5) is 18.0. The lowest BCUT2D eigenvalue weighted by Gasteiger charge is -2.17. The minimum absolute atomic E-state index is 0.0779. The third-order valence-electron chi connectivity index (χ3n) is 3.09. The average molecular weight is 304 g/mol. The van der Waals surface area contributed by atoms with Crippen molar-refractivity contribution in [1.29, 1.82) is 0 Å². The van der Waals surface area contributed by atoms with Crippen LogP contribution in [-0.4, -0.2) is 10.9 Å². The molecule has 0 radical (unpaired) electrons. The number of anilines is 1. The summed E-state index contributed by atoms with van der Waals surface area (Å²) in [5.41, 5.74) is 0.297. The second-order valence-electron chi connectivity index (χ2n) is 4.50. The van der Waals surface area contributed by atoms with Crippen LogP contribution >= 0.6 is 11.3 Å². The fourth-order valence-corrected chi connectivity index (χ4v) is 3.03. The molecule has 1 aromatic carbocycles. The fourth-order valence-electron chi connectivity index (χ4n) is 2.03. The first kappa shape index (κ1) is 13.8. The smallest absolute Gasteiger partial charge is 0.228 e. The van der Waals surface area contributed by atoms with Gasteiger partial charge in [0.05, 0.1) is 17.5 Å². The fraction of sp³-hybridized carbons (Fsp3) is 0.200. The predicted molar refractivity (Wildman–Crippen MR) is 79.8 cm³/mol. The van der Waals surface area contributed by atoms with Gasteiger partial charge in [-0.25, -0.2) is 9.37 Å². The first-order valence-electron chi connectivity index (χ1n) is 6.57. The van der Waals surface area contributed by atoms with Gasteiger partial charge in [-0.05, 0) is 24.3 Å². The molecule has 0 atom stereocenters. The Labute approximate surface area is 124 Å². The number of hydrogen-bond donors (Lipinski definition) is 0. The molecule has 2 aromatic heterocycles. The summed E-state index contributed by atoms with van der Waals surface area (Å²) in [5, 5.41) is 0.485. The van der Waals surface area contributed by atoms with E-state index in [2.05, 4.69) is 4.98 Å². The van der Waals surface area contributed by atoms with E-state index in [0.29, 0.717) is 29.4 Å². The van der Waals surface area contributed by atoms with E-state index in [1.54, 1.807) is 37.5 Å². The number of amides is 1. The normalized spacial score (nSPS) is 11.0. The number of thiazole rings is 1. The monoisotopic (exact) mass is 304 g/mol. The Morgan fingerprint density at radius 3 is 2.90 bits per heavy atom. The summed E-state index contributed by atoms with van der Waals surface area (Å²) in [6.07, 6.45) is 1.90.